The topological polar surface area (TPSA) is 48.1 Å². The maximum atomic E-state index is 6.25. The average molecular weight is 248 g/mol. The van der Waals surface area contributed by atoms with E-state index in [1.807, 2.05) is 12.3 Å². The van der Waals surface area contributed by atoms with E-state index in [1.54, 1.807) is 24.0 Å². The van der Waals surface area contributed by atoms with Crippen LogP contribution in [0.3, 0.4) is 0 Å². The van der Waals surface area contributed by atoms with Gasteiger partial charge in [0.1, 0.15) is 5.75 Å². The first kappa shape index (κ1) is 12.1. The van der Waals surface area contributed by atoms with Crippen LogP contribution in [0.15, 0.2) is 23.8 Å². The van der Waals surface area contributed by atoms with E-state index in [-0.39, 0.29) is 6.04 Å². The van der Waals surface area contributed by atoms with E-state index in [1.165, 1.54) is 5.56 Å². The summed E-state index contributed by atoms with van der Waals surface area (Å²) in [6.45, 7) is 4.12. The summed E-state index contributed by atoms with van der Waals surface area (Å²) in [6.07, 6.45) is 1.81. The Morgan fingerprint density at radius 3 is 2.71 bits per heavy atom. The van der Waals surface area contributed by atoms with Crippen molar-refractivity contribution in [2.75, 3.05) is 7.11 Å². The van der Waals surface area contributed by atoms with Crippen LogP contribution in [0.5, 0.6) is 5.75 Å². The van der Waals surface area contributed by atoms with Gasteiger partial charge in [-0.05, 0) is 25.0 Å². The van der Waals surface area contributed by atoms with Gasteiger partial charge in [0.15, 0.2) is 0 Å². The fraction of sp³-hybridized carbons (Fsp3) is 0.308. The van der Waals surface area contributed by atoms with Crippen molar-refractivity contribution in [1.82, 2.24) is 4.98 Å². The number of benzene rings is 1. The second-order valence-corrected chi connectivity index (χ2v) is 4.93. The molecular weight excluding hydrogens is 232 g/mol. The van der Waals surface area contributed by atoms with E-state index in [4.69, 9.17) is 10.5 Å². The van der Waals surface area contributed by atoms with Crippen molar-refractivity contribution in [2.24, 2.45) is 5.73 Å². The highest BCUT2D eigenvalue weighted by atomic mass is 32.1. The van der Waals surface area contributed by atoms with Crippen molar-refractivity contribution >= 4 is 11.3 Å². The summed E-state index contributed by atoms with van der Waals surface area (Å²) in [4.78, 5) is 5.11. The lowest BCUT2D eigenvalue weighted by Gasteiger charge is -2.17. The number of thiazole rings is 1. The number of hydrogen-bond acceptors (Lipinski definition) is 4. The minimum atomic E-state index is -0.170. The van der Waals surface area contributed by atoms with Gasteiger partial charge in [0.2, 0.25) is 0 Å². The number of rotatable bonds is 3. The Labute approximate surface area is 105 Å². The minimum absolute atomic E-state index is 0.170. The van der Waals surface area contributed by atoms with Crippen LogP contribution in [0.25, 0.3) is 0 Å². The maximum Gasteiger partial charge on any atom is 0.127 e. The van der Waals surface area contributed by atoms with Crippen molar-refractivity contribution in [3.8, 4) is 5.75 Å². The fourth-order valence-electron chi connectivity index (χ4n) is 1.86. The molecule has 3 nitrogen and oxygen atoms in total. The molecule has 0 aliphatic rings. The van der Waals surface area contributed by atoms with Gasteiger partial charge in [0.05, 0.1) is 18.7 Å². The quantitative estimate of drug-likeness (QED) is 0.908. The largest absolute Gasteiger partial charge is 0.496 e. The monoisotopic (exact) mass is 248 g/mol. The molecule has 4 heteroatoms. The number of ether oxygens (including phenoxy) is 1. The van der Waals surface area contributed by atoms with E-state index < -0.39 is 0 Å². The Hall–Kier alpha value is -1.39. The van der Waals surface area contributed by atoms with Gasteiger partial charge in [0.25, 0.3) is 0 Å². The molecular formula is C13H16N2OS. The van der Waals surface area contributed by atoms with Crippen LogP contribution in [0.1, 0.15) is 27.6 Å². The number of hydrogen-bond donors (Lipinski definition) is 1. The van der Waals surface area contributed by atoms with Crippen LogP contribution in [-0.4, -0.2) is 12.1 Å². The molecule has 2 aromatic rings. The molecule has 0 saturated heterocycles. The van der Waals surface area contributed by atoms with Crippen LogP contribution in [-0.2, 0) is 0 Å². The number of nitrogens with zero attached hydrogens (tertiary/aromatic N) is 1. The van der Waals surface area contributed by atoms with Gasteiger partial charge >= 0.3 is 0 Å². The first-order chi connectivity index (χ1) is 8.15. The zero-order valence-electron chi connectivity index (χ0n) is 10.2. The Kier molecular flexibility index (Phi) is 3.45. The average Bonchev–Trinajstić information content (AvgIpc) is 2.85. The number of aromatic nitrogens is 1. The lowest BCUT2D eigenvalue weighted by Crippen LogP contribution is -2.12. The third-order valence-electron chi connectivity index (χ3n) is 3.00. The third kappa shape index (κ3) is 2.18. The smallest absolute Gasteiger partial charge is 0.127 e. The summed E-state index contributed by atoms with van der Waals surface area (Å²) >= 11 is 1.56. The molecule has 1 unspecified atom stereocenters. The molecule has 0 spiro atoms. The summed E-state index contributed by atoms with van der Waals surface area (Å²) in [5.74, 6) is 0.880. The highest BCUT2D eigenvalue weighted by Crippen LogP contribution is 2.33. The van der Waals surface area contributed by atoms with Gasteiger partial charge in [-0.3, -0.25) is 4.98 Å². The van der Waals surface area contributed by atoms with Crippen molar-refractivity contribution in [2.45, 2.75) is 19.9 Å². The van der Waals surface area contributed by atoms with Gasteiger partial charge in [-0.25, -0.2) is 0 Å². The van der Waals surface area contributed by atoms with E-state index in [9.17, 15) is 0 Å². The molecule has 0 radical (unpaired) electrons. The lowest BCUT2D eigenvalue weighted by atomic mass is 9.99. The lowest BCUT2D eigenvalue weighted by molar-refractivity contribution is 0.404. The highest BCUT2D eigenvalue weighted by molar-refractivity contribution is 7.09. The van der Waals surface area contributed by atoms with E-state index in [2.05, 4.69) is 24.9 Å². The molecule has 2 N–H and O–H groups in total. The maximum absolute atomic E-state index is 6.25. The SMILES string of the molecule is COc1c(C(N)c2cncs2)ccc(C)c1C. The van der Waals surface area contributed by atoms with Crippen molar-refractivity contribution < 1.29 is 4.74 Å². The van der Waals surface area contributed by atoms with Gasteiger partial charge in [-0.15, -0.1) is 11.3 Å². The summed E-state index contributed by atoms with van der Waals surface area (Å²) in [5.41, 5.74) is 11.4. The van der Waals surface area contributed by atoms with Crippen molar-refractivity contribution in [3.05, 3.63) is 45.4 Å². The second kappa shape index (κ2) is 4.85. The van der Waals surface area contributed by atoms with Crippen molar-refractivity contribution in [3.63, 3.8) is 0 Å². The zero-order valence-corrected chi connectivity index (χ0v) is 11.0. The molecule has 0 aliphatic carbocycles. The van der Waals surface area contributed by atoms with Crippen LogP contribution >= 0.6 is 11.3 Å². The summed E-state index contributed by atoms with van der Waals surface area (Å²) in [5, 5.41) is 0. The predicted molar refractivity (Wildman–Crippen MR) is 70.6 cm³/mol. The number of methoxy groups -OCH3 is 1. The zero-order chi connectivity index (χ0) is 12.4. The van der Waals surface area contributed by atoms with E-state index in [0.29, 0.717) is 0 Å². The normalized spacial score (nSPS) is 12.5. The summed E-state index contributed by atoms with van der Waals surface area (Å²) < 4.78 is 5.48. The molecule has 2 rings (SSSR count). The molecule has 0 saturated carbocycles. The van der Waals surface area contributed by atoms with E-state index >= 15 is 0 Å². The summed E-state index contributed by atoms with van der Waals surface area (Å²) in [7, 11) is 1.69. The molecule has 90 valence electrons. The molecule has 1 atom stereocenters. The van der Waals surface area contributed by atoms with Gasteiger partial charge in [0, 0.05) is 16.6 Å². The first-order valence-electron chi connectivity index (χ1n) is 5.43. The second-order valence-electron chi connectivity index (χ2n) is 4.01. The van der Waals surface area contributed by atoms with Crippen LogP contribution in [0, 0.1) is 13.8 Å². The van der Waals surface area contributed by atoms with Gasteiger partial charge < -0.3 is 10.5 Å². The predicted octanol–water partition coefficient (Wildman–Crippen LogP) is 2.82. The molecule has 0 amide bonds. The highest BCUT2D eigenvalue weighted by Gasteiger charge is 2.17. The number of nitrogens with two attached hydrogens (primary N) is 1. The first-order valence-corrected chi connectivity index (χ1v) is 6.31. The van der Waals surface area contributed by atoms with Crippen LogP contribution < -0.4 is 10.5 Å². The fourth-order valence-corrected chi connectivity index (χ4v) is 2.50. The van der Waals surface area contributed by atoms with Crippen molar-refractivity contribution in [1.29, 1.82) is 0 Å². The Morgan fingerprint density at radius 1 is 1.35 bits per heavy atom. The standard InChI is InChI=1S/C13H16N2OS/c1-8-4-5-10(13(16-3)9(8)2)12(14)11-6-15-7-17-11/h4-7,12H,14H2,1-3H3. The van der Waals surface area contributed by atoms with Gasteiger partial charge in [-0.2, -0.15) is 0 Å². The van der Waals surface area contributed by atoms with E-state index in [0.717, 1.165) is 21.8 Å². The molecule has 0 aliphatic heterocycles. The summed E-state index contributed by atoms with van der Waals surface area (Å²) in [6, 6.07) is 3.94. The molecule has 1 aromatic carbocycles. The molecule has 0 bridgehead atoms. The van der Waals surface area contributed by atoms with Crippen LogP contribution in [0.2, 0.25) is 0 Å². The van der Waals surface area contributed by atoms with Gasteiger partial charge in [-0.1, -0.05) is 12.1 Å². The Morgan fingerprint density at radius 2 is 2.12 bits per heavy atom. The Balaban J connectivity index is 2.49. The Bertz CT molecular complexity index is 508. The van der Waals surface area contributed by atoms with Crippen LogP contribution in [0.4, 0.5) is 0 Å². The third-order valence-corrected chi connectivity index (χ3v) is 3.86. The number of aryl methyl sites for hydroxylation is 1. The molecule has 17 heavy (non-hydrogen) atoms. The molecule has 1 heterocycles. The molecule has 1 aromatic heterocycles. The molecule has 0 fully saturated rings. The minimum Gasteiger partial charge on any atom is -0.496 e.